The number of hydrogen-bond donors (Lipinski definition) is 1. The van der Waals surface area contributed by atoms with E-state index < -0.39 is 5.82 Å². The Bertz CT molecular complexity index is 598. The van der Waals surface area contributed by atoms with Crippen molar-refractivity contribution in [3.05, 3.63) is 53.2 Å². The Balaban J connectivity index is 2.15. The van der Waals surface area contributed by atoms with Crippen molar-refractivity contribution in [3.8, 4) is 6.07 Å². The first-order valence-electron chi connectivity index (χ1n) is 5.62. The maximum absolute atomic E-state index is 13.4. The van der Waals surface area contributed by atoms with Gasteiger partial charge in [-0.15, -0.1) is 0 Å². The molecule has 0 saturated carbocycles. The lowest BCUT2D eigenvalue weighted by atomic mass is 10.2. The summed E-state index contributed by atoms with van der Waals surface area (Å²) in [5.41, 5.74) is 0.662. The minimum Gasteiger partial charge on any atom is -0.464 e. The van der Waals surface area contributed by atoms with Crippen LogP contribution in [0, 0.1) is 24.1 Å². The van der Waals surface area contributed by atoms with Crippen molar-refractivity contribution < 1.29 is 8.81 Å². The number of benzene rings is 1. The molecule has 1 N–H and O–H groups in total. The van der Waals surface area contributed by atoms with Crippen LogP contribution in [-0.4, -0.2) is 0 Å². The molecule has 0 aliphatic heterocycles. The van der Waals surface area contributed by atoms with Crippen molar-refractivity contribution in [1.82, 2.24) is 0 Å². The summed E-state index contributed by atoms with van der Waals surface area (Å²) in [6.07, 6.45) is 0. The first kappa shape index (κ1) is 12.2. The zero-order valence-electron chi connectivity index (χ0n) is 10.2. The van der Waals surface area contributed by atoms with Gasteiger partial charge in [-0.2, -0.15) is 5.26 Å². The van der Waals surface area contributed by atoms with E-state index in [0.717, 1.165) is 11.5 Å². The van der Waals surface area contributed by atoms with E-state index in [-0.39, 0.29) is 11.6 Å². The zero-order chi connectivity index (χ0) is 13.1. The van der Waals surface area contributed by atoms with Gasteiger partial charge in [0.05, 0.1) is 11.6 Å². The van der Waals surface area contributed by atoms with Crippen LogP contribution in [0.3, 0.4) is 0 Å². The smallest absolute Gasteiger partial charge is 0.143 e. The Morgan fingerprint density at radius 3 is 2.67 bits per heavy atom. The molecule has 0 fully saturated rings. The summed E-state index contributed by atoms with van der Waals surface area (Å²) in [6.45, 7) is 3.80. The molecule has 3 nitrogen and oxygen atoms in total. The molecular weight excluding hydrogens is 231 g/mol. The molecule has 4 heteroatoms. The summed E-state index contributed by atoms with van der Waals surface area (Å²) >= 11 is 0. The number of nitrogens with zero attached hydrogens (tertiary/aromatic N) is 1. The number of furan rings is 1. The minimum absolute atomic E-state index is 0.0436. The molecule has 92 valence electrons. The lowest BCUT2D eigenvalue weighted by molar-refractivity contribution is 0.467. The fourth-order valence-electron chi connectivity index (χ4n) is 1.70. The van der Waals surface area contributed by atoms with Gasteiger partial charge in [-0.25, -0.2) is 4.39 Å². The van der Waals surface area contributed by atoms with Crippen LogP contribution in [0.1, 0.15) is 30.0 Å². The molecule has 0 spiro atoms. The molecule has 1 unspecified atom stereocenters. The Hall–Kier alpha value is -2.28. The molecule has 0 amide bonds. The van der Waals surface area contributed by atoms with Gasteiger partial charge in [0.25, 0.3) is 0 Å². The van der Waals surface area contributed by atoms with Crippen LogP contribution in [-0.2, 0) is 0 Å². The fourth-order valence-corrected chi connectivity index (χ4v) is 1.70. The second kappa shape index (κ2) is 4.92. The van der Waals surface area contributed by atoms with E-state index in [0.29, 0.717) is 5.69 Å². The zero-order valence-corrected chi connectivity index (χ0v) is 10.2. The predicted molar refractivity (Wildman–Crippen MR) is 66.6 cm³/mol. The van der Waals surface area contributed by atoms with Crippen LogP contribution in [0.15, 0.2) is 34.7 Å². The molecule has 0 bridgehead atoms. The number of aryl methyl sites for hydroxylation is 1. The van der Waals surface area contributed by atoms with E-state index in [4.69, 9.17) is 9.68 Å². The van der Waals surface area contributed by atoms with Crippen LogP contribution in [0.25, 0.3) is 0 Å². The number of nitriles is 1. The van der Waals surface area contributed by atoms with E-state index in [1.54, 1.807) is 12.1 Å². The Morgan fingerprint density at radius 1 is 1.33 bits per heavy atom. The Morgan fingerprint density at radius 2 is 2.11 bits per heavy atom. The van der Waals surface area contributed by atoms with Crippen molar-refractivity contribution in [2.75, 3.05) is 5.32 Å². The summed E-state index contributed by atoms with van der Waals surface area (Å²) in [4.78, 5) is 0. The molecular formula is C14H13FN2O. The molecule has 1 aromatic heterocycles. The second-order valence-corrected chi connectivity index (χ2v) is 4.12. The molecule has 0 radical (unpaired) electrons. The van der Waals surface area contributed by atoms with E-state index >= 15 is 0 Å². The molecule has 1 aromatic carbocycles. The highest BCUT2D eigenvalue weighted by molar-refractivity contribution is 5.49. The van der Waals surface area contributed by atoms with Gasteiger partial charge < -0.3 is 9.73 Å². The third-order valence-electron chi connectivity index (χ3n) is 2.66. The topological polar surface area (TPSA) is 49.0 Å². The standard InChI is InChI=1S/C14H13FN2O/c1-9-3-6-14(18-9)10(2)17-12-5-4-11(8-16)13(15)7-12/h3-7,10,17H,1-2H3. The monoisotopic (exact) mass is 244 g/mol. The minimum atomic E-state index is -0.523. The summed E-state index contributed by atoms with van der Waals surface area (Å²) in [7, 11) is 0. The van der Waals surface area contributed by atoms with Crippen molar-refractivity contribution in [2.24, 2.45) is 0 Å². The first-order valence-corrected chi connectivity index (χ1v) is 5.62. The SMILES string of the molecule is Cc1ccc(C(C)Nc2ccc(C#N)c(F)c2)o1. The summed E-state index contributed by atoms with van der Waals surface area (Å²) in [5.74, 6) is 1.10. The molecule has 2 rings (SSSR count). The largest absolute Gasteiger partial charge is 0.464 e. The number of rotatable bonds is 3. The van der Waals surface area contributed by atoms with Crippen LogP contribution in [0.5, 0.6) is 0 Å². The number of hydrogen-bond acceptors (Lipinski definition) is 3. The van der Waals surface area contributed by atoms with Crippen molar-refractivity contribution in [2.45, 2.75) is 19.9 Å². The number of anilines is 1. The molecule has 1 atom stereocenters. The molecule has 0 aliphatic carbocycles. The van der Waals surface area contributed by atoms with Crippen molar-refractivity contribution in [1.29, 1.82) is 5.26 Å². The third-order valence-corrected chi connectivity index (χ3v) is 2.66. The van der Waals surface area contributed by atoms with Crippen LogP contribution < -0.4 is 5.32 Å². The van der Waals surface area contributed by atoms with Gasteiger partial charge in [-0.1, -0.05) is 0 Å². The van der Waals surface area contributed by atoms with Gasteiger partial charge in [0.2, 0.25) is 0 Å². The maximum atomic E-state index is 13.4. The average Bonchev–Trinajstić information content (AvgIpc) is 2.76. The van der Waals surface area contributed by atoms with Gasteiger partial charge in [0.15, 0.2) is 0 Å². The van der Waals surface area contributed by atoms with Gasteiger partial charge in [-0.05, 0) is 44.2 Å². The van der Waals surface area contributed by atoms with E-state index in [2.05, 4.69) is 5.32 Å². The van der Waals surface area contributed by atoms with E-state index in [9.17, 15) is 4.39 Å². The summed E-state index contributed by atoms with van der Waals surface area (Å²) in [5, 5.41) is 11.8. The summed E-state index contributed by atoms with van der Waals surface area (Å²) in [6, 6.07) is 9.93. The fraction of sp³-hybridized carbons (Fsp3) is 0.214. The van der Waals surface area contributed by atoms with Crippen LogP contribution >= 0.6 is 0 Å². The first-order chi connectivity index (χ1) is 8.60. The van der Waals surface area contributed by atoms with Crippen LogP contribution in [0.4, 0.5) is 10.1 Å². The lowest BCUT2D eigenvalue weighted by Crippen LogP contribution is -2.05. The number of nitrogens with one attached hydrogen (secondary N) is 1. The maximum Gasteiger partial charge on any atom is 0.143 e. The predicted octanol–water partition coefficient (Wildman–Crippen LogP) is 3.77. The van der Waals surface area contributed by atoms with Gasteiger partial charge in [-0.3, -0.25) is 0 Å². The highest BCUT2D eigenvalue weighted by Gasteiger charge is 2.10. The van der Waals surface area contributed by atoms with Gasteiger partial charge >= 0.3 is 0 Å². The number of halogens is 1. The normalized spacial score (nSPS) is 11.9. The molecule has 2 aromatic rings. The van der Waals surface area contributed by atoms with E-state index in [1.165, 1.54) is 12.1 Å². The van der Waals surface area contributed by atoms with Crippen molar-refractivity contribution >= 4 is 5.69 Å². The summed E-state index contributed by atoms with van der Waals surface area (Å²) < 4.78 is 18.9. The molecule has 1 heterocycles. The van der Waals surface area contributed by atoms with Gasteiger partial charge in [0.1, 0.15) is 23.4 Å². The Labute approximate surface area is 105 Å². The quantitative estimate of drug-likeness (QED) is 0.894. The molecule has 0 aliphatic rings. The highest BCUT2D eigenvalue weighted by Crippen LogP contribution is 2.22. The van der Waals surface area contributed by atoms with Crippen molar-refractivity contribution in [3.63, 3.8) is 0 Å². The highest BCUT2D eigenvalue weighted by atomic mass is 19.1. The second-order valence-electron chi connectivity index (χ2n) is 4.12. The third kappa shape index (κ3) is 2.51. The van der Waals surface area contributed by atoms with E-state index in [1.807, 2.05) is 26.0 Å². The van der Waals surface area contributed by atoms with Crippen LogP contribution in [0.2, 0.25) is 0 Å². The molecule has 0 saturated heterocycles. The average molecular weight is 244 g/mol. The lowest BCUT2D eigenvalue weighted by Gasteiger charge is -2.13. The molecule has 18 heavy (non-hydrogen) atoms. The van der Waals surface area contributed by atoms with Gasteiger partial charge in [0, 0.05) is 5.69 Å². The Kier molecular flexibility index (Phi) is 3.33.